The Hall–Kier alpha value is -2.51. The maximum Gasteiger partial charge on any atom is 0.272 e. The maximum absolute atomic E-state index is 13.8. The molecule has 2 aromatic rings. The molecule has 1 heterocycles. The Kier molecular flexibility index (Phi) is 5.25. The fraction of sp³-hybridized carbons (Fsp3) is 0.333. The van der Waals surface area contributed by atoms with Crippen LogP contribution in [0.25, 0.3) is 0 Å². The van der Waals surface area contributed by atoms with Gasteiger partial charge in [-0.1, -0.05) is 24.3 Å². The van der Waals surface area contributed by atoms with E-state index in [1.54, 1.807) is 0 Å². The van der Waals surface area contributed by atoms with Crippen LogP contribution in [0.1, 0.15) is 11.1 Å². The van der Waals surface area contributed by atoms with E-state index in [1.165, 1.54) is 23.3 Å². The number of benzene rings is 2. The molecule has 0 saturated carbocycles. The average Bonchev–Trinajstić information content (AvgIpc) is 2.60. The number of β-amino-alcohol motifs (C(OH)–C–C–N with tert-alkyl or cyclic N) is 1. The zero-order valence-corrected chi connectivity index (χ0v) is 13.7. The van der Waals surface area contributed by atoms with Crippen LogP contribution in [0.5, 0.6) is 0 Å². The molecule has 0 fully saturated rings. The number of nitro benzene ring substituents is 1. The summed E-state index contributed by atoms with van der Waals surface area (Å²) in [5.41, 5.74) is 2.47. The normalized spacial score (nSPS) is 15.4. The van der Waals surface area contributed by atoms with Gasteiger partial charge in [-0.15, -0.1) is 0 Å². The minimum Gasteiger partial charge on any atom is -0.390 e. The molecule has 6 nitrogen and oxygen atoms in total. The molecule has 1 atom stereocenters. The van der Waals surface area contributed by atoms with Gasteiger partial charge >= 0.3 is 0 Å². The van der Waals surface area contributed by atoms with Gasteiger partial charge in [0.1, 0.15) is 0 Å². The van der Waals surface area contributed by atoms with Gasteiger partial charge < -0.3 is 10.4 Å². The van der Waals surface area contributed by atoms with Crippen LogP contribution in [0.2, 0.25) is 0 Å². The number of fused-ring (bicyclic) bond motifs is 1. The van der Waals surface area contributed by atoms with Crippen molar-refractivity contribution in [1.82, 2.24) is 4.90 Å². The molecule has 0 radical (unpaired) electrons. The van der Waals surface area contributed by atoms with Crippen LogP contribution in [0.4, 0.5) is 15.8 Å². The van der Waals surface area contributed by atoms with Gasteiger partial charge in [0.15, 0.2) is 5.82 Å². The van der Waals surface area contributed by atoms with Crippen molar-refractivity contribution in [2.24, 2.45) is 0 Å². The molecule has 0 saturated heterocycles. The number of halogens is 1. The molecule has 132 valence electrons. The molecule has 0 bridgehead atoms. The summed E-state index contributed by atoms with van der Waals surface area (Å²) in [6.07, 6.45) is 0.285. The number of rotatable bonds is 6. The Morgan fingerprint density at radius 2 is 2.04 bits per heavy atom. The number of aliphatic hydroxyl groups excluding tert-OH is 1. The van der Waals surface area contributed by atoms with Crippen LogP contribution in [0, 0.1) is 15.9 Å². The second kappa shape index (κ2) is 7.58. The number of nitrogens with one attached hydrogen (secondary N) is 1. The monoisotopic (exact) mass is 345 g/mol. The first-order valence-electron chi connectivity index (χ1n) is 8.18. The van der Waals surface area contributed by atoms with Crippen molar-refractivity contribution < 1.29 is 14.4 Å². The highest BCUT2D eigenvalue weighted by molar-refractivity contribution is 5.50. The zero-order valence-electron chi connectivity index (χ0n) is 13.7. The van der Waals surface area contributed by atoms with E-state index in [-0.39, 0.29) is 17.9 Å². The Labute approximate surface area is 145 Å². The predicted octanol–water partition coefficient (Wildman–Crippen LogP) is 2.57. The van der Waals surface area contributed by atoms with Crippen molar-refractivity contribution in [3.8, 4) is 0 Å². The summed E-state index contributed by atoms with van der Waals surface area (Å²) in [7, 11) is 0. The third kappa shape index (κ3) is 4.32. The highest BCUT2D eigenvalue weighted by atomic mass is 19.1. The van der Waals surface area contributed by atoms with E-state index < -0.39 is 16.8 Å². The summed E-state index contributed by atoms with van der Waals surface area (Å²) in [4.78, 5) is 12.1. The van der Waals surface area contributed by atoms with E-state index in [0.717, 1.165) is 25.6 Å². The van der Waals surface area contributed by atoms with E-state index in [2.05, 4.69) is 22.3 Å². The van der Waals surface area contributed by atoms with Crippen LogP contribution in [0.3, 0.4) is 0 Å². The van der Waals surface area contributed by atoms with Crippen LogP contribution >= 0.6 is 0 Å². The quantitative estimate of drug-likeness (QED) is 0.621. The van der Waals surface area contributed by atoms with Gasteiger partial charge in [0.25, 0.3) is 5.69 Å². The summed E-state index contributed by atoms with van der Waals surface area (Å²) >= 11 is 0. The second-order valence-corrected chi connectivity index (χ2v) is 6.21. The minimum atomic E-state index is -0.701. The van der Waals surface area contributed by atoms with E-state index in [4.69, 9.17) is 0 Å². The fourth-order valence-electron chi connectivity index (χ4n) is 3.06. The van der Waals surface area contributed by atoms with Crippen molar-refractivity contribution in [3.05, 3.63) is 69.5 Å². The molecule has 0 amide bonds. The highest BCUT2D eigenvalue weighted by Crippen LogP contribution is 2.21. The van der Waals surface area contributed by atoms with Gasteiger partial charge in [0, 0.05) is 32.2 Å². The summed E-state index contributed by atoms with van der Waals surface area (Å²) in [6, 6.07) is 11.7. The lowest BCUT2D eigenvalue weighted by Crippen LogP contribution is -2.39. The molecule has 3 rings (SSSR count). The molecule has 0 aromatic heterocycles. The summed E-state index contributed by atoms with van der Waals surface area (Å²) < 4.78 is 13.8. The molecule has 25 heavy (non-hydrogen) atoms. The largest absolute Gasteiger partial charge is 0.390 e. The number of nitrogens with zero attached hydrogens (tertiary/aromatic N) is 2. The SMILES string of the molecule is O=[N+]([O-])c1ccc(NCC(O)CN2CCc3ccccc3C2)c(F)c1. The molecule has 2 aromatic carbocycles. The zero-order chi connectivity index (χ0) is 17.8. The molecule has 1 unspecified atom stereocenters. The first kappa shape index (κ1) is 17.3. The summed E-state index contributed by atoms with van der Waals surface area (Å²) in [5.74, 6) is -0.701. The minimum absolute atomic E-state index is 0.147. The Balaban J connectivity index is 1.52. The molecular weight excluding hydrogens is 325 g/mol. The standard InChI is InChI=1S/C18H20FN3O3/c19-17-9-15(22(24)25)5-6-18(17)20-10-16(23)12-21-8-7-13-3-1-2-4-14(13)11-21/h1-6,9,16,20,23H,7-8,10-12H2. The van der Waals surface area contributed by atoms with E-state index >= 15 is 0 Å². The lowest BCUT2D eigenvalue weighted by atomic mass is 10.00. The Bertz CT molecular complexity index is 769. The van der Waals surface area contributed by atoms with Crippen molar-refractivity contribution in [1.29, 1.82) is 0 Å². The van der Waals surface area contributed by atoms with Gasteiger partial charge in [0.2, 0.25) is 0 Å². The number of non-ortho nitro benzene ring substituents is 1. The first-order chi connectivity index (χ1) is 12.0. The lowest BCUT2D eigenvalue weighted by Gasteiger charge is -2.30. The maximum atomic E-state index is 13.8. The molecule has 7 heteroatoms. The van der Waals surface area contributed by atoms with Gasteiger partial charge in [-0.3, -0.25) is 15.0 Å². The molecule has 1 aliphatic rings. The van der Waals surface area contributed by atoms with Gasteiger partial charge in [0.05, 0.1) is 22.8 Å². The van der Waals surface area contributed by atoms with Crippen LogP contribution in [-0.4, -0.2) is 40.7 Å². The number of nitro groups is 1. The van der Waals surface area contributed by atoms with Crippen molar-refractivity contribution >= 4 is 11.4 Å². The van der Waals surface area contributed by atoms with E-state index in [9.17, 15) is 19.6 Å². The summed E-state index contributed by atoms with van der Waals surface area (Å²) in [5, 5.41) is 23.6. The Morgan fingerprint density at radius 3 is 2.76 bits per heavy atom. The van der Waals surface area contributed by atoms with Crippen LogP contribution in [0.15, 0.2) is 42.5 Å². The number of anilines is 1. The van der Waals surface area contributed by atoms with Crippen molar-refractivity contribution in [2.45, 2.75) is 19.1 Å². The molecular formula is C18H20FN3O3. The van der Waals surface area contributed by atoms with Gasteiger partial charge in [-0.25, -0.2) is 4.39 Å². The Morgan fingerprint density at radius 1 is 1.28 bits per heavy atom. The van der Waals surface area contributed by atoms with Crippen molar-refractivity contribution in [2.75, 3.05) is 25.0 Å². The average molecular weight is 345 g/mol. The molecule has 0 aliphatic carbocycles. The van der Waals surface area contributed by atoms with Gasteiger partial charge in [-0.05, 0) is 23.6 Å². The third-order valence-electron chi connectivity index (χ3n) is 4.37. The predicted molar refractivity (Wildman–Crippen MR) is 93.0 cm³/mol. The van der Waals surface area contributed by atoms with Crippen LogP contribution < -0.4 is 5.32 Å². The smallest absolute Gasteiger partial charge is 0.272 e. The molecule has 2 N–H and O–H groups in total. The number of hydrogen-bond donors (Lipinski definition) is 2. The number of hydrogen-bond acceptors (Lipinski definition) is 5. The van der Waals surface area contributed by atoms with E-state index in [1.807, 2.05) is 12.1 Å². The highest BCUT2D eigenvalue weighted by Gasteiger charge is 2.18. The molecule has 1 aliphatic heterocycles. The first-order valence-corrected chi connectivity index (χ1v) is 8.18. The topological polar surface area (TPSA) is 78.6 Å². The molecule has 0 spiro atoms. The number of aliphatic hydroxyl groups is 1. The van der Waals surface area contributed by atoms with Crippen LogP contribution in [-0.2, 0) is 13.0 Å². The summed E-state index contributed by atoms with van der Waals surface area (Å²) in [6.45, 7) is 2.32. The lowest BCUT2D eigenvalue weighted by molar-refractivity contribution is -0.385. The van der Waals surface area contributed by atoms with Crippen molar-refractivity contribution in [3.63, 3.8) is 0 Å². The van der Waals surface area contributed by atoms with Gasteiger partial charge in [-0.2, -0.15) is 0 Å². The fourth-order valence-corrected chi connectivity index (χ4v) is 3.06. The second-order valence-electron chi connectivity index (χ2n) is 6.21. The third-order valence-corrected chi connectivity index (χ3v) is 4.37. The van der Waals surface area contributed by atoms with E-state index in [0.29, 0.717) is 6.54 Å².